The molecule has 1 aliphatic heterocycles. The molecule has 10 heteroatoms. The molecular formula is C26H24N6O4. The van der Waals surface area contributed by atoms with Crippen LogP contribution in [-0.4, -0.2) is 40.1 Å². The van der Waals surface area contributed by atoms with Crippen LogP contribution in [-0.2, 0) is 16.2 Å². The number of pyridine rings is 1. The normalized spacial score (nSPS) is 15.0. The van der Waals surface area contributed by atoms with Crippen LogP contribution < -0.4 is 25.5 Å². The summed E-state index contributed by atoms with van der Waals surface area (Å²) >= 11 is 0. The third kappa shape index (κ3) is 4.69. The number of carbonyl (C=O) groups excluding carboxylic acids is 2. The van der Waals surface area contributed by atoms with E-state index in [0.29, 0.717) is 22.9 Å². The number of hydrogen-bond donors (Lipinski definition) is 2. The number of aromatic nitrogens is 2. The number of fused-ring (bicyclic) bond motifs is 1. The molecule has 0 saturated carbocycles. The summed E-state index contributed by atoms with van der Waals surface area (Å²) in [6.07, 6.45) is 3.90. The lowest BCUT2D eigenvalue weighted by Gasteiger charge is -2.20. The van der Waals surface area contributed by atoms with E-state index in [1.54, 1.807) is 37.4 Å². The van der Waals surface area contributed by atoms with Gasteiger partial charge in [0.15, 0.2) is 11.5 Å². The number of anilines is 2. The monoisotopic (exact) mass is 484 g/mol. The van der Waals surface area contributed by atoms with Crippen molar-refractivity contribution in [2.24, 2.45) is 10.8 Å². The number of primary amides is 1. The zero-order chi connectivity index (χ0) is 25.1. The lowest BCUT2D eigenvalue weighted by Crippen LogP contribution is -2.39. The highest BCUT2D eigenvalue weighted by Crippen LogP contribution is 2.31. The summed E-state index contributed by atoms with van der Waals surface area (Å²) in [7, 11) is 1.54. The summed E-state index contributed by atoms with van der Waals surface area (Å²) in [4.78, 5) is 29.5. The first kappa shape index (κ1) is 22.9. The van der Waals surface area contributed by atoms with Crippen molar-refractivity contribution in [3.8, 4) is 11.5 Å². The van der Waals surface area contributed by atoms with Crippen LogP contribution >= 0.6 is 0 Å². The van der Waals surface area contributed by atoms with Gasteiger partial charge in [-0.2, -0.15) is 5.10 Å². The number of hydrazone groups is 1. The summed E-state index contributed by atoms with van der Waals surface area (Å²) in [5.41, 5.74) is 8.51. The molecule has 0 saturated heterocycles. The second-order valence-electron chi connectivity index (χ2n) is 8.16. The number of hydrogen-bond acceptors (Lipinski definition) is 7. The number of methoxy groups -OCH3 is 1. The van der Waals surface area contributed by atoms with Gasteiger partial charge < -0.3 is 24.9 Å². The minimum Gasteiger partial charge on any atom is -0.493 e. The van der Waals surface area contributed by atoms with Gasteiger partial charge in [0, 0.05) is 30.6 Å². The van der Waals surface area contributed by atoms with E-state index in [0.717, 1.165) is 11.3 Å². The zero-order valence-electron chi connectivity index (χ0n) is 19.5. The van der Waals surface area contributed by atoms with Crippen LogP contribution in [0.1, 0.15) is 12.1 Å². The molecule has 2 aromatic heterocycles. The number of para-hydroxylation sites is 1. The predicted molar refractivity (Wildman–Crippen MR) is 135 cm³/mol. The molecule has 0 spiro atoms. The number of nitrogens with one attached hydrogen (secondary N) is 1. The lowest BCUT2D eigenvalue weighted by atomic mass is 10.1. The van der Waals surface area contributed by atoms with Crippen LogP contribution in [0.15, 0.2) is 84.2 Å². The Kier molecular flexibility index (Phi) is 6.23. The molecule has 10 nitrogen and oxygen atoms in total. The molecular weight excluding hydrogens is 460 g/mol. The first-order valence-corrected chi connectivity index (χ1v) is 11.3. The van der Waals surface area contributed by atoms with Crippen LogP contribution in [0.25, 0.3) is 5.65 Å². The van der Waals surface area contributed by atoms with Crippen molar-refractivity contribution in [2.75, 3.05) is 17.4 Å². The maximum absolute atomic E-state index is 13.0. The maximum atomic E-state index is 13.0. The third-order valence-corrected chi connectivity index (χ3v) is 5.73. The van der Waals surface area contributed by atoms with Crippen molar-refractivity contribution in [1.29, 1.82) is 0 Å². The molecule has 0 fully saturated rings. The first-order valence-electron chi connectivity index (χ1n) is 11.3. The molecule has 2 aromatic carbocycles. The van der Waals surface area contributed by atoms with Crippen LogP contribution in [0.4, 0.5) is 11.4 Å². The fourth-order valence-corrected chi connectivity index (χ4v) is 3.97. The Morgan fingerprint density at radius 3 is 2.64 bits per heavy atom. The summed E-state index contributed by atoms with van der Waals surface area (Å²) in [6.45, 7) is 0.217. The molecule has 0 bridgehead atoms. The molecule has 36 heavy (non-hydrogen) atoms. The van der Waals surface area contributed by atoms with E-state index in [1.807, 2.05) is 53.2 Å². The SMILES string of the molecule is COc1ccc(NC(=O)C2=NN(c3ccccc3)[C@H](C(N)=O)C2)cc1OCc1cn2ccccc2n1. The highest BCUT2D eigenvalue weighted by atomic mass is 16.5. The molecule has 1 aliphatic rings. The molecule has 0 radical (unpaired) electrons. The molecule has 4 aromatic rings. The number of rotatable bonds is 8. The van der Waals surface area contributed by atoms with Gasteiger partial charge in [-0.3, -0.25) is 14.6 Å². The quantitative estimate of drug-likeness (QED) is 0.396. The number of imidazole rings is 1. The van der Waals surface area contributed by atoms with E-state index in [9.17, 15) is 9.59 Å². The molecule has 5 rings (SSSR count). The lowest BCUT2D eigenvalue weighted by molar-refractivity contribution is -0.119. The third-order valence-electron chi connectivity index (χ3n) is 5.73. The standard InChI is InChI=1S/C26H24N6O4/c1-35-22-11-10-17(13-23(22)36-16-18-15-31-12-6-5-9-24(31)28-18)29-26(34)20-14-21(25(27)33)32(30-20)19-7-3-2-4-8-19/h2-13,15,21H,14,16H2,1H3,(H2,27,33)(H,29,34)/t21-/m0/s1. The van der Waals surface area contributed by atoms with Crippen molar-refractivity contribution in [2.45, 2.75) is 19.1 Å². The summed E-state index contributed by atoms with van der Waals surface area (Å²) in [5.74, 6) is -0.0331. The van der Waals surface area contributed by atoms with Crippen molar-refractivity contribution >= 4 is 34.5 Å². The van der Waals surface area contributed by atoms with Gasteiger partial charge in [0.1, 0.15) is 24.0 Å². The fourth-order valence-electron chi connectivity index (χ4n) is 3.97. The Morgan fingerprint density at radius 1 is 1.08 bits per heavy atom. The molecule has 0 aliphatic carbocycles. The van der Waals surface area contributed by atoms with Crippen LogP contribution in [0.2, 0.25) is 0 Å². The minimum atomic E-state index is -0.742. The van der Waals surface area contributed by atoms with E-state index in [2.05, 4.69) is 15.4 Å². The van der Waals surface area contributed by atoms with Gasteiger partial charge in [0.05, 0.1) is 18.5 Å². The van der Waals surface area contributed by atoms with E-state index in [1.165, 1.54) is 5.01 Å². The van der Waals surface area contributed by atoms with Gasteiger partial charge >= 0.3 is 0 Å². The van der Waals surface area contributed by atoms with Crippen LogP contribution in [0.3, 0.4) is 0 Å². The second-order valence-corrected chi connectivity index (χ2v) is 8.16. The van der Waals surface area contributed by atoms with Crippen molar-refractivity contribution in [3.63, 3.8) is 0 Å². The minimum absolute atomic E-state index is 0.101. The van der Waals surface area contributed by atoms with Gasteiger partial charge in [0.25, 0.3) is 5.91 Å². The van der Waals surface area contributed by atoms with Crippen LogP contribution in [0, 0.1) is 0 Å². The van der Waals surface area contributed by atoms with E-state index < -0.39 is 17.9 Å². The van der Waals surface area contributed by atoms with Gasteiger partial charge in [-0.1, -0.05) is 24.3 Å². The highest BCUT2D eigenvalue weighted by molar-refractivity contribution is 6.44. The predicted octanol–water partition coefficient (Wildman–Crippen LogP) is 2.98. The number of ether oxygens (including phenoxy) is 2. The van der Waals surface area contributed by atoms with Crippen LogP contribution in [0.5, 0.6) is 11.5 Å². The maximum Gasteiger partial charge on any atom is 0.271 e. The number of amides is 2. The Morgan fingerprint density at radius 2 is 1.89 bits per heavy atom. The van der Waals surface area contributed by atoms with E-state index in [-0.39, 0.29) is 18.7 Å². The molecule has 182 valence electrons. The van der Waals surface area contributed by atoms with Gasteiger partial charge in [-0.15, -0.1) is 0 Å². The first-order chi connectivity index (χ1) is 17.5. The molecule has 0 unspecified atom stereocenters. The van der Waals surface area contributed by atoms with Crippen molar-refractivity contribution in [1.82, 2.24) is 9.38 Å². The number of benzene rings is 2. The molecule has 3 heterocycles. The highest BCUT2D eigenvalue weighted by Gasteiger charge is 2.35. The Balaban J connectivity index is 1.31. The Labute approximate surface area is 206 Å². The van der Waals surface area contributed by atoms with Gasteiger partial charge in [-0.05, 0) is 36.4 Å². The Bertz CT molecular complexity index is 1420. The van der Waals surface area contributed by atoms with Crippen molar-refractivity contribution < 1.29 is 19.1 Å². The smallest absolute Gasteiger partial charge is 0.271 e. The number of nitrogens with zero attached hydrogens (tertiary/aromatic N) is 4. The Hall–Kier alpha value is -4.86. The fraction of sp³-hybridized carbons (Fsp3) is 0.154. The van der Waals surface area contributed by atoms with E-state index >= 15 is 0 Å². The average Bonchev–Trinajstić information content (AvgIpc) is 3.53. The largest absolute Gasteiger partial charge is 0.493 e. The van der Waals surface area contributed by atoms with Gasteiger partial charge in [-0.25, -0.2) is 4.98 Å². The van der Waals surface area contributed by atoms with Gasteiger partial charge in [0.2, 0.25) is 5.91 Å². The van der Waals surface area contributed by atoms with Crippen molar-refractivity contribution in [3.05, 3.63) is 84.8 Å². The summed E-state index contributed by atoms with van der Waals surface area (Å²) in [6, 6.07) is 19.2. The molecule has 2 amide bonds. The number of nitrogens with two attached hydrogens (primary N) is 1. The van der Waals surface area contributed by atoms with E-state index in [4.69, 9.17) is 15.2 Å². The topological polar surface area (TPSA) is 124 Å². The number of carbonyl (C=O) groups is 2. The zero-order valence-corrected chi connectivity index (χ0v) is 19.5. The molecule has 3 N–H and O–H groups in total. The summed E-state index contributed by atoms with van der Waals surface area (Å²) < 4.78 is 13.3. The second kappa shape index (κ2) is 9.79. The average molecular weight is 485 g/mol. The summed E-state index contributed by atoms with van der Waals surface area (Å²) in [5, 5.41) is 8.68. The molecule has 1 atom stereocenters.